The van der Waals surface area contributed by atoms with Crippen LogP contribution in [0.4, 0.5) is 0 Å². The number of aliphatic hydroxyl groups excluding tert-OH is 1. The second-order valence-corrected chi connectivity index (χ2v) is 19.9. The average molecular weight is 867 g/mol. The lowest BCUT2D eigenvalue weighted by Gasteiger charge is -2.29. The number of rotatable bonds is 46. The topological polar surface area (TPSA) is 108 Å². The summed E-state index contributed by atoms with van der Waals surface area (Å²) in [6.07, 6.45) is 53.3. The van der Waals surface area contributed by atoms with Gasteiger partial charge in [0, 0.05) is 6.42 Å². The standard InChI is InChI=1S/C51H99N2O6P/c1-6-8-10-12-14-16-18-20-22-24-26-28-30-32-34-36-38-40-42-44-50(54)49(48-59-60(56,57)58-47-46-53(3,4)5)52-51(55)45-43-41-39-37-35-33-31-29-27-25-23-21-19-17-15-13-11-9-7-2/h15,17,21,23,42,44,49-50,54H,6-14,16,18-20,22,24-41,43,45-48H2,1-5H3,(H-,52,55,56,57)/b17-15-,23-21-,44-42+. The van der Waals surface area contributed by atoms with Crippen LogP contribution >= 0.6 is 7.82 Å². The predicted octanol–water partition coefficient (Wildman–Crippen LogP) is 14.0. The smallest absolute Gasteiger partial charge is 0.268 e. The lowest BCUT2D eigenvalue weighted by atomic mass is 10.0. The van der Waals surface area contributed by atoms with E-state index in [1.807, 2.05) is 27.2 Å². The largest absolute Gasteiger partial charge is 0.756 e. The van der Waals surface area contributed by atoms with Gasteiger partial charge in [-0.1, -0.05) is 211 Å². The van der Waals surface area contributed by atoms with E-state index >= 15 is 0 Å². The number of unbranched alkanes of at least 4 members (excludes halogenated alkanes) is 29. The molecule has 0 bridgehead atoms. The lowest BCUT2D eigenvalue weighted by Crippen LogP contribution is -2.45. The Morgan fingerprint density at radius 3 is 1.42 bits per heavy atom. The van der Waals surface area contributed by atoms with Gasteiger partial charge in [0.25, 0.3) is 7.82 Å². The van der Waals surface area contributed by atoms with Gasteiger partial charge in [-0.25, -0.2) is 0 Å². The minimum atomic E-state index is -4.59. The number of hydrogen-bond acceptors (Lipinski definition) is 6. The van der Waals surface area contributed by atoms with Gasteiger partial charge in [-0.15, -0.1) is 0 Å². The highest BCUT2D eigenvalue weighted by molar-refractivity contribution is 7.45. The molecule has 0 spiro atoms. The molecular formula is C51H99N2O6P. The number of phosphoric acid groups is 1. The average Bonchev–Trinajstić information content (AvgIpc) is 3.20. The van der Waals surface area contributed by atoms with E-state index in [-0.39, 0.29) is 19.1 Å². The monoisotopic (exact) mass is 867 g/mol. The van der Waals surface area contributed by atoms with Crippen molar-refractivity contribution in [3.63, 3.8) is 0 Å². The molecule has 0 aliphatic heterocycles. The molecular weight excluding hydrogens is 768 g/mol. The molecule has 0 aromatic rings. The highest BCUT2D eigenvalue weighted by Gasteiger charge is 2.23. The summed E-state index contributed by atoms with van der Waals surface area (Å²) >= 11 is 0. The normalized spacial score (nSPS) is 14.4. The molecule has 0 radical (unpaired) electrons. The molecule has 0 fully saturated rings. The maximum absolute atomic E-state index is 12.9. The fraction of sp³-hybridized carbons (Fsp3) is 0.863. The summed E-state index contributed by atoms with van der Waals surface area (Å²) in [5, 5.41) is 13.8. The van der Waals surface area contributed by atoms with Crippen LogP contribution in [0.5, 0.6) is 0 Å². The van der Waals surface area contributed by atoms with Gasteiger partial charge in [-0.3, -0.25) is 9.36 Å². The second kappa shape index (κ2) is 43.0. The van der Waals surface area contributed by atoms with E-state index in [0.29, 0.717) is 17.4 Å². The van der Waals surface area contributed by atoms with Gasteiger partial charge in [-0.05, 0) is 51.4 Å². The first-order chi connectivity index (χ1) is 29.0. The van der Waals surface area contributed by atoms with Crippen molar-refractivity contribution >= 4 is 13.7 Å². The van der Waals surface area contributed by atoms with Crippen molar-refractivity contribution < 1.29 is 32.9 Å². The first kappa shape index (κ1) is 58.7. The molecule has 0 aliphatic rings. The van der Waals surface area contributed by atoms with Crippen molar-refractivity contribution in [2.75, 3.05) is 40.9 Å². The molecule has 8 nitrogen and oxygen atoms in total. The fourth-order valence-electron chi connectivity index (χ4n) is 7.30. The van der Waals surface area contributed by atoms with Gasteiger partial charge >= 0.3 is 0 Å². The fourth-order valence-corrected chi connectivity index (χ4v) is 8.02. The number of carbonyl (C=O) groups is 1. The third-order valence-corrected chi connectivity index (χ3v) is 12.3. The van der Waals surface area contributed by atoms with Crippen molar-refractivity contribution in [1.82, 2.24) is 5.32 Å². The molecule has 354 valence electrons. The molecule has 9 heteroatoms. The lowest BCUT2D eigenvalue weighted by molar-refractivity contribution is -0.870. The van der Waals surface area contributed by atoms with E-state index in [1.54, 1.807) is 6.08 Å². The minimum Gasteiger partial charge on any atom is -0.756 e. The Morgan fingerprint density at radius 1 is 0.583 bits per heavy atom. The van der Waals surface area contributed by atoms with Crippen molar-refractivity contribution in [2.24, 2.45) is 0 Å². The van der Waals surface area contributed by atoms with Gasteiger partial charge in [0.05, 0.1) is 39.9 Å². The van der Waals surface area contributed by atoms with E-state index < -0.39 is 20.0 Å². The highest BCUT2D eigenvalue weighted by atomic mass is 31.2. The minimum absolute atomic E-state index is 0.00170. The molecule has 0 saturated heterocycles. The summed E-state index contributed by atoms with van der Waals surface area (Å²) in [5.74, 6) is -0.201. The van der Waals surface area contributed by atoms with Gasteiger partial charge < -0.3 is 28.8 Å². The Balaban J connectivity index is 4.33. The molecule has 0 aliphatic carbocycles. The molecule has 0 heterocycles. The van der Waals surface area contributed by atoms with Gasteiger partial charge in [0.1, 0.15) is 13.2 Å². The van der Waals surface area contributed by atoms with Gasteiger partial charge in [0.2, 0.25) is 5.91 Å². The molecule has 0 rings (SSSR count). The van der Waals surface area contributed by atoms with Crippen molar-refractivity contribution in [2.45, 2.75) is 244 Å². The van der Waals surface area contributed by atoms with E-state index in [0.717, 1.165) is 44.9 Å². The van der Waals surface area contributed by atoms with E-state index in [1.165, 1.54) is 167 Å². The maximum atomic E-state index is 12.9. The van der Waals surface area contributed by atoms with Gasteiger partial charge in [0.15, 0.2) is 0 Å². The molecule has 0 saturated carbocycles. The van der Waals surface area contributed by atoms with Crippen molar-refractivity contribution in [3.05, 3.63) is 36.5 Å². The molecule has 0 aromatic heterocycles. The Kier molecular flexibility index (Phi) is 42.1. The summed E-state index contributed by atoms with van der Waals surface area (Å²) in [7, 11) is 1.26. The van der Waals surface area contributed by atoms with E-state index in [2.05, 4.69) is 43.5 Å². The number of aliphatic hydroxyl groups is 1. The third kappa shape index (κ3) is 44.8. The van der Waals surface area contributed by atoms with Crippen LogP contribution < -0.4 is 10.2 Å². The van der Waals surface area contributed by atoms with Crippen LogP contribution in [0.1, 0.15) is 232 Å². The Morgan fingerprint density at radius 2 is 0.967 bits per heavy atom. The Labute approximate surface area is 372 Å². The van der Waals surface area contributed by atoms with Crippen LogP contribution in [0.25, 0.3) is 0 Å². The van der Waals surface area contributed by atoms with Crippen LogP contribution in [0.15, 0.2) is 36.5 Å². The zero-order valence-electron chi connectivity index (χ0n) is 40.2. The summed E-state index contributed by atoms with van der Waals surface area (Å²) < 4.78 is 23.3. The van der Waals surface area contributed by atoms with Crippen LogP contribution in [0.3, 0.4) is 0 Å². The predicted molar refractivity (Wildman–Crippen MR) is 256 cm³/mol. The number of carbonyl (C=O) groups excluding carboxylic acids is 1. The van der Waals surface area contributed by atoms with Crippen LogP contribution in [0.2, 0.25) is 0 Å². The number of nitrogens with zero attached hydrogens (tertiary/aromatic N) is 1. The number of allylic oxidation sites excluding steroid dienone is 5. The highest BCUT2D eigenvalue weighted by Crippen LogP contribution is 2.38. The molecule has 3 atom stereocenters. The number of phosphoric ester groups is 1. The number of nitrogens with one attached hydrogen (secondary N) is 1. The van der Waals surface area contributed by atoms with Gasteiger partial charge in [-0.2, -0.15) is 0 Å². The second-order valence-electron chi connectivity index (χ2n) is 18.5. The number of quaternary nitrogens is 1. The van der Waals surface area contributed by atoms with Crippen LogP contribution in [0, 0.1) is 0 Å². The zero-order valence-corrected chi connectivity index (χ0v) is 41.1. The molecule has 1 amide bonds. The zero-order chi connectivity index (χ0) is 44.3. The SMILES string of the molecule is CCCCC/C=C\C/C=C\CCCCCCCCCCCC(=O)NC(COP(=O)([O-])OCC[N+](C)(C)C)C(O)/C=C/CCCCCCCCCCCCCCCCCCC. The number of amides is 1. The molecule has 2 N–H and O–H groups in total. The summed E-state index contributed by atoms with van der Waals surface area (Å²) in [4.78, 5) is 25.4. The summed E-state index contributed by atoms with van der Waals surface area (Å²) in [6.45, 7) is 4.64. The van der Waals surface area contributed by atoms with E-state index in [9.17, 15) is 19.4 Å². The maximum Gasteiger partial charge on any atom is 0.268 e. The summed E-state index contributed by atoms with van der Waals surface area (Å²) in [6, 6.07) is -0.888. The van der Waals surface area contributed by atoms with Crippen LogP contribution in [-0.4, -0.2) is 68.5 Å². The van der Waals surface area contributed by atoms with E-state index in [4.69, 9.17) is 9.05 Å². The quantitative estimate of drug-likeness (QED) is 0.0273. The Bertz CT molecular complexity index is 1070. The molecule has 0 aromatic carbocycles. The van der Waals surface area contributed by atoms with Crippen molar-refractivity contribution in [1.29, 1.82) is 0 Å². The molecule has 60 heavy (non-hydrogen) atoms. The first-order valence-corrected chi connectivity index (χ1v) is 26.8. The molecule has 3 unspecified atom stereocenters. The van der Waals surface area contributed by atoms with Crippen LogP contribution in [-0.2, 0) is 18.4 Å². The van der Waals surface area contributed by atoms with Crippen molar-refractivity contribution in [3.8, 4) is 0 Å². The summed E-state index contributed by atoms with van der Waals surface area (Å²) in [5.41, 5.74) is 0. The number of likely N-dealkylation sites (N-methyl/N-ethyl adjacent to an activating group) is 1. The first-order valence-electron chi connectivity index (χ1n) is 25.4. The Hall–Kier alpha value is -1.28. The third-order valence-electron chi connectivity index (χ3n) is 11.3. The number of hydrogen-bond donors (Lipinski definition) is 2.